The topological polar surface area (TPSA) is 131 Å². The SMILES string of the molecule is CCCCCCCC/C=C/CCCCCCCCCCCCCC(=O)NCCOP(=O)(O)OCC(O)COC(C)=O. The monoisotopic (exact) mass is 605 g/mol. The molecule has 0 aliphatic carbocycles. The third-order valence-corrected chi connectivity index (χ3v) is 7.74. The molecule has 41 heavy (non-hydrogen) atoms. The van der Waals surface area contributed by atoms with Gasteiger partial charge in [-0.1, -0.05) is 109 Å². The van der Waals surface area contributed by atoms with Crippen LogP contribution in [-0.2, 0) is 27.9 Å². The molecule has 0 rings (SSSR count). The Morgan fingerprint density at radius 3 is 1.76 bits per heavy atom. The molecule has 0 spiro atoms. The Kier molecular flexibility index (Phi) is 28.0. The van der Waals surface area contributed by atoms with Crippen molar-refractivity contribution in [3.8, 4) is 0 Å². The number of phosphoric acid groups is 1. The number of rotatable bonds is 30. The van der Waals surface area contributed by atoms with Crippen LogP contribution in [0, 0.1) is 0 Å². The number of nitrogens with one attached hydrogen (secondary N) is 1. The molecule has 0 aromatic heterocycles. The number of carbonyl (C=O) groups excluding carboxylic acids is 2. The van der Waals surface area contributed by atoms with Gasteiger partial charge in [0, 0.05) is 19.9 Å². The average Bonchev–Trinajstić information content (AvgIpc) is 2.94. The van der Waals surface area contributed by atoms with E-state index in [2.05, 4.69) is 33.7 Å². The Balaban J connectivity index is 3.42. The second-order valence-corrected chi connectivity index (χ2v) is 12.3. The number of aliphatic hydroxyl groups is 1. The standard InChI is InChI=1S/C31H60NO8P/c1-3-4-5-6-7-8-9-10-11-12-13-14-15-16-17-18-19-20-21-22-23-24-31(35)32-25-26-39-41(36,37)40-28-30(34)27-38-29(2)33/h10-11,30,34H,3-9,12-28H2,1-2H3,(H,32,35)(H,36,37)/b11-10+. The number of ether oxygens (including phenoxy) is 1. The molecule has 0 heterocycles. The van der Waals surface area contributed by atoms with Crippen molar-refractivity contribution >= 4 is 19.7 Å². The molecule has 2 atom stereocenters. The zero-order valence-corrected chi connectivity index (χ0v) is 26.9. The molecule has 242 valence electrons. The molecule has 0 saturated heterocycles. The number of hydrogen-bond acceptors (Lipinski definition) is 7. The fourth-order valence-corrected chi connectivity index (χ4v) is 5.09. The lowest BCUT2D eigenvalue weighted by Crippen LogP contribution is -2.27. The van der Waals surface area contributed by atoms with E-state index in [0.717, 1.165) is 19.3 Å². The number of unbranched alkanes of at least 4 members (excludes halogenated alkanes) is 17. The molecular weight excluding hydrogens is 545 g/mol. The van der Waals surface area contributed by atoms with Gasteiger partial charge in [-0.05, 0) is 32.1 Å². The highest BCUT2D eigenvalue weighted by Gasteiger charge is 2.23. The van der Waals surface area contributed by atoms with E-state index >= 15 is 0 Å². The van der Waals surface area contributed by atoms with Crippen LogP contribution in [0.4, 0.5) is 0 Å². The molecule has 0 aromatic carbocycles. The van der Waals surface area contributed by atoms with Gasteiger partial charge in [0.1, 0.15) is 12.7 Å². The minimum atomic E-state index is -4.37. The highest BCUT2D eigenvalue weighted by atomic mass is 31.2. The number of amides is 1. The summed E-state index contributed by atoms with van der Waals surface area (Å²) in [4.78, 5) is 32.1. The molecule has 0 saturated carbocycles. The van der Waals surface area contributed by atoms with E-state index in [1.165, 1.54) is 110 Å². The Labute approximate surface area is 249 Å². The lowest BCUT2D eigenvalue weighted by Gasteiger charge is -2.15. The molecule has 0 bridgehead atoms. The maximum absolute atomic E-state index is 11.9. The summed E-state index contributed by atoms with van der Waals surface area (Å²) < 4.78 is 25.7. The average molecular weight is 606 g/mol. The highest BCUT2D eigenvalue weighted by Crippen LogP contribution is 2.42. The first-order valence-electron chi connectivity index (χ1n) is 16.1. The lowest BCUT2D eigenvalue weighted by molar-refractivity contribution is -0.144. The van der Waals surface area contributed by atoms with E-state index < -0.39 is 26.5 Å². The summed E-state index contributed by atoms with van der Waals surface area (Å²) in [5.74, 6) is -0.695. The van der Waals surface area contributed by atoms with Crippen molar-refractivity contribution in [1.29, 1.82) is 0 Å². The van der Waals surface area contributed by atoms with E-state index in [4.69, 9.17) is 4.52 Å². The Morgan fingerprint density at radius 2 is 1.24 bits per heavy atom. The predicted molar refractivity (Wildman–Crippen MR) is 165 cm³/mol. The van der Waals surface area contributed by atoms with Gasteiger partial charge in [0.2, 0.25) is 5.91 Å². The van der Waals surface area contributed by atoms with Gasteiger partial charge in [0.05, 0.1) is 13.2 Å². The van der Waals surface area contributed by atoms with Crippen molar-refractivity contribution in [3.05, 3.63) is 12.2 Å². The van der Waals surface area contributed by atoms with Crippen molar-refractivity contribution in [2.75, 3.05) is 26.4 Å². The Hall–Kier alpha value is -1.25. The maximum atomic E-state index is 11.9. The predicted octanol–water partition coefficient (Wildman–Crippen LogP) is 7.54. The van der Waals surface area contributed by atoms with Gasteiger partial charge in [-0.3, -0.25) is 18.6 Å². The van der Waals surface area contributed by atoms with Gasteiger partial charge in [-0.15, -0.1) is 0 Å². The van der Waals surface area contributed by atoms with Crippen LogP contribution in [0.1, 0.15) is 142 Å². The largest absolute Gasteiger partial charge is 0.472 e. The molecule has 10 heteroatoms. The summed E-state index contributed by atoms with van der Waals surface area (Å²) in [6, 6.07) is 0. The van der Waals surface area contributed by atoms with Crippen molar-refractivity contribution in [2.45, 2.75) is 148 Å². The Morgan fingerprint density at radius 1 is 0.756 bits per heavy atom. The molecule has 1 amide bonds. The van der Waals surface area contributed by atoms with Crippen LogP contribution in [0.5, 0.6) is 0 Å². The van der Waals surface area contributed by atoms with E-state index in [-0.39, 0.29) is 25.7 Å². The molecule has 3 N–H and O–H groups in total. The fraction of sp³-hybridized carbons (Fsp3) is 0.871. The summed E-state index contributed by atoms with van der Waals surface area (Å²) in [5.41, 5.74) is 0. The van der Waals surface area contributed by atoms with Gasteiger partial charge >= 0.3 is 13.8 Å². The summed E-state index contributed by atoms with van der Waals surface area (Å²) in [6.07, 6.45) is 28.0. The summed E-state index contributed by atoms with van der Waals surface area (Å²) in [6.45, 7) is 2.46. The normalized spacial score (nSPS) is 13.8. The molecular formula is C31H60NO8P. The van der Waals surface area contributed by atoms with Crippen LogP contribution in [0.15, 0.2) is 12.2 Å². The van der Waals surface area contributed by atoms with Gasteiger partial charge < -0.3 is 20.1 Å². The molecule has 0 radical (unpaired) electrons. The van der Waals surface area contributed by atoms with Crippen LogP contribution in [-0.4, -0.2) is 54.3 Å². The van der Waals surface area contributed by atoms with E-state index in [9.17, 15) is 24.2 Å². The number of phosphoric ester groups is 1. The van der Waals surface area contributed by atoms with E-state index in [1.807, 2.05) is 0 Å². The summed E-state index contributed by atoms with van der Waals surface area (Å²) in [7, 11) is -4.37. The highest BCUT2D eigenvalue weighted by molar-refractivity contribution is 7.47. The van der Waals surface area contributed by atoms with Crippen LogP contribution in [0.25, 0.3) is 0 Å². The fourth-order valence-electron chi connectivity index (χ4n) is 4.34. The van der Waals surface area contributed by atoms with E-state index in [1.54, 1.807) is 0 Å². The smallest absolute Gasteiger partial charge is 0.463 e. The molecule has 0 aromatic rings. The second-order valence-electron chi connectivity index (χ2n) is 10.9. The quantitative estimate of drug-likeness (QED) is 0.0331. The number of aliphatic hydroxyl groups excluding tert-OH is 1. The molecule has 0 aliphatic rings. The first-order chi connectivity index (χ1) is 19.8. The summed E-state index contributed by atoms with van der Waals surface area (Å²) in [5, 5.41) is 12.2. The number of allylic oxidation sites excluding steroid dienone is 2. The van der Waals surface area contributed by atoms with Crippen LogP contribution in [0.3, 0.4) is 0 Å². The van der Waals surface area contributed by atoms with E-state index in [0.29, 0.717) is 6.42 Å². The zero-order valence-electron chi connectivity index (χ0n) is 26.0. The first kappa shape index (κ1) is 39.8. The third kappa shape index (κ3) is 31.5. The van der Waals surface area contributed by atoms with Crippen molar-refractivity contribution in [2.24, 2.45) is 0 Å². The van der Waals surface area contributed by atoms with Gasteiger partial charge in [-0.2, -0.15) is 0 Å². The molecule has 0 aliphatic heterocycles. The minimum absolute atomic E-state index is 0.0820. The van der Waals surface area contributed by atoms with Crippen molar-refractivity contribution in [3.63, 3.8) is 0 Å². The number of carbonyl (C=O) groups is 2. The summed E-state index contributed by atoms with van der Waals surface area (Å²) >= 11 is 0. The van der Waals surface area contributed by atoms with Crippen molar-refractivity contribution < 1.29 is 37.9 Å². The zero-order chi connectivity index (χ0) is 30.4. The molecule has 9 nitrogen and oxygen atoms in total. The lowest BCUT2D eigenvalue weighted by atomic mass is 10.0. The minimum Gasteiger partial charge on any atom is -0.463 e. The molecule has 2 unspecified atom stereocenters. The number of esters is 1. The Bertz CT molecular complexity index is 704. The van der Waals surface area contributed by atoms with Crippen LogP contribution >= 0.6 is 7.82 Å². The van der Waals surface area contributed by atoms with Gasteiger partial charge in [-0.25, -0.2) is 4.57 Å². The van der Waals surface area contributed by atoms with Crippen LogP contribution in [0.2, 0.25) is 0 Å². The maximum Gasteiger partial charge on any atom is 0.472 e. The second kappa shape index (κ2) is 28.9. The van der Waals surface area contributed by atoms with Crippen molar-refractivity contribution in [1.82, 2.24) is 5.32 Å². The number of hydrogen-bond donors (Lipinski definition) is 3. The molecule has 0 fully saturated rings. The first-order valence-corrected chi connectivity index (χ1v) is 17.6. The van der Waals surface area contributed by atoms with Gasteiger partial charge in [0.15, 0.2) is 0 Å². The van der Waals surface area contributed by atoms with Crippen LogP contribution < -0.4 is 5.32 Å². The van der Waals surface area contributed by atoms with Gasteiger partial charge in [0.25, 0.3) is 0 Å². The third-order valence-electron chi connectivity index (χ3n) is 6.75.